The first-order chi connectivity index (χ1) is 9.58. The molecule has 0 fully saturated rings. The predicted octanol–water partition coefficient (Wildman–Crippen LogP) is 3.59. The minimum atomic E-state index is -0.282. The summed E-state index contributed by atoms with van der Waals surface area (Å²) < 4.78 is 19.8. The largest absolute Gasteiger partial charge is 0.487 e. The third-order valence-corrected chi connectivity index (χ3v) is 3.19. The summed E-state index contributed by atoms with van der Waals surface area (Å²) in [6.45, 7) is 2.87. The van der Waals surface area contributed by atoms with Crippen LogP contribution in [0, 0.1) is 12.7 Å². The lowest BCUT2D eigenvalue weighted by atomic mass is 10.2. The van der Waals surface area contributed by atoms with Crippen LogP contribution in [-0.4, -0.2) is 12.0 Å². The number of aromatic nitrogens is 1. The number of hydrogen-bond donors (Lipinski definition) is 1. The summed E-state index contributed by atoms with van der Waals surface area (Å²) in [6, 6.07) is 8.51. The Balaban J connectivity index is 2.13. The van der Waals surface area contributed by atoms with Gasteiger partial charge in [-0.3, -0.25) is 4.98 Å². The Morgan fingerprint density at radius 3 is 2.80 bits per heavy atom. The number of halogens is 2. The maximum absolute atomic E-state index is 13.3. The van der Waals surface area contributed by atoms with Gasteiger partial charge in [-0.05, 0) is 49.9 Å². The number of benzene rings is 1. The van der Waals surface area contributed by atoms with Crippen LogP contribution in [0.4, 0.5) is 4.39 Å². The summed E-state index contributed by atoms with van der Waals surface area (Å²) in [6.07, 6.45) is 0. The normalized spacial score (nSPS) is 10.6. The molecule has 1 aromatic carbocycles. The van der Waals surface area contributed by atoms with Crippen molar-refractivity contribution in [2.24, 2.45) is 0 Å². The predicted molar refractivity (Wildman–Crippen MR) is 80.2 cm³/mol. The molecule has 0 saturated carbocycles. The molecule has 3 nitrogen and oxygen atoms in total. The number of rotatable bonds is 5. The molecule has 0 spiro atoms. The van der Waals surface area contributed by atoms with Gasteiger partial charge in [-0.2, -0.15) is 0 Å². The zero-order valence-corrected chi connectivity index (χ0v) is 13.0. The zero-order valence-electron chi connectivity index (χ0n) is 11.4. The quantitative estimate of drug-likeness (QED) is 0.904. The number of nitrogens with zero attached hydrogens (tertiary/aromatic N) is 1. The molecule has 0 radical (unpaired) electrons. The van der Waals surface area contributed by atoms with E-state index in [2.05, 4.69) is 26.2 Å². The SMILES string of the molecule is CNCc1nc(C)ccc1OCc1cc(F)cc(Br)c1. The fourth-order valence-electron chi connectivity index (χ4n) is 1.88. The molecule has 0 amide bonds. The van der Waals surface area contributed by atoms with E-state index in [0.717, 1.165) is 17.0 Å². The lowest BCUT2D eigenvalue weighted by Crippen LogP contribution is -2.10. The Morgan fingerprint density at radius 1 is 1.30 bits per heavy atom. The van der Waals surface area contributed by atoms with Gasteiger partial charge >= 0.3 is 0 Å². The number of hydrogen-bond acceptors (Lipinski definition) is 3. The Bertz CT molecular complexity index is 584. The van der Waals surface area contributed by atoms with Gasteiger partial charge in [-0.15, -0.1) is 0 Å². The van der Waals surface area contributed by atoms with E-state index in [0.29, 0.717) is 23.4 Å². The molecule has 0 aliphatic carbocycles. The van der Waals surface area contributed by atoms with Crippen molar-refractivity contribution in [2.75, 3.05) is 7.05 Å². The third kappa shape index (κ3) is 4.02. The number of aryl methyl sites for hydroxylation is 1. The Hall–Kier alpha value is -1.46. The van der Waals surface area contributed by atoms with Gasteiger partial charge in [0.2, 0.25) is 0 Å². The van der Waals surface area contributed by atoms with Crippen LogP contribution in [0.2, 0.25) is 0 Å². The molecule has 20 heavy (non-hydrogen) atoms. The molecule has 1 aromatic heterocycles. The van der Waals surface area contributed by atoms with E-state index in [-0.39, 0.29) is 5.82 Å². The highest BCUT2D eigenvalue weighted by molar-refractivity contribution is 9.10. The average Bonchev–Trinajstić information content (AvgIpc) is 2.37. The van der Waals surface area contributed by atoms with Crippen LogP contribution >= 0.6 is 15.9 Å². The number of nitrogens with one attached hydrogen (secondary N) is 1. The minimum absolute atomic E-state index is 0.282. The topological polar surface area (TPSA) is 34.2 Å². The van der Waals surface area contributed by atoms with Crippen molar-refractivity contribution < 1.29 is 9.13 Å². The van der Waals surface area contributed by atoms with Gasteiger partial charge in [0.25, 0.3) is 0 Å². The third-order valence-electron chi connectivity index (χ3n) is 2.73. The van der Waals surface area contributed by atoms with E-state index in [1.807, 2.05) is 32.2 Å². The second-order valence-electron chi connectivity index (χ2n) is 4.49. The molecule has 0 aliphatic heterocycles. The summed E-state index contributed by atoms with van der Waals surface area (Å²) in [5.74, 6) is 0.431. The van der Waals surface area contributed by atoms with Gasteiger partial charge in [-0.1, -0.05) is 15.9 Å². The van der Waals surface area contributed by atoms with Crippen molar-refractivity contribution in [1.82, 2.24) is 10.3 Å². The molecule has 1 heterocycles. The maximum atomic E-state index is 13.3. The molecule has 2 rings (SSSR count). The molecule has 1 N–H and O–H groups in total. The van der Waals surface area contributed by atoms with Gasteiger partial charge in [0.05, 0.1) is 5.69 Å². The summed E-state index contributed by atoms with van der Waals surface area (Å²) in [4.78, 5) is 4.44. The minimum Gasteiger partial charge on any atom is -0.487 e. The smallest absolute Gasteiger partial charge is 0.142 e. The number of ether oxygens (including phenoxy) is 1. The first-order valence-electron chi connectivity index (χ1n) is 6.27. The first-order valence-corrected chi connectivity index (χ1v) is 7.06. The van der Waals surface area contributed by atoms with Crippen molar-refractivity contribution in [3.63, 3.8) is 0 Å². The van der Waals surface area contributed by atoms with Crippen LogP contribution in [-0.2, 0) is 13.2 Å². The van der Waals surface area contributed by atoms with Crippen molar-refractivity contribution >= 4 is 15.9 Å². The van der Waals surface area contributed by atoms with E-state index in [1.54, 1.807) is 0 Å². The van der Waals surface area contributed by atoms with Crippen LogP contribution in [0.15, 0.2) is 34.8 Å². The van der Waals surface area contributed by atoms with E-state index in [9.17, 15) is 4.39 Å². The van der Waals surface area contributed by atoms with Crippen LogP contribution in [0.1, 0.15) is 17.0 Å². The monoisotopic (exact) mass is 338 g/mol. The molecular formula is C15H16BrFN2O. The van der Waals surface area contributed by atoms with Crippen LogP contribution in [0.3, 0.4) is 0 Å². The Morgan fingerprint density at radius 2 is 2.10 bits per heavy atom. The summed E-state index contributed by atoms with van der Waals surface area (Å²) in [5, 5.41) is 3.06. The lowest BCUT2D eigenvalue weighted by Gasteiger charge is -2.11. The van der Waals surface area contributed by atoms with E-state index < -0.39 is 0 Å². The molecule has 0 atom stereocenters. The lowest BCUT2D eigenvalue weighted by molar-refractivity contribution is 0.299. The van der Waals surface area contributed by atoms with Crippen LogP contribution in [0.25, 0.3) is 0 Å². The Labute approximate surface area is 126 Å². The van der Waals surface area contributed by atoms with Gasteiger partial charge in [0.15, 0.2) is 0 Å². The second-order valence-corrected chi connectivity index (χ2v) is 5.41. The van der Waals surface area contributed by atoms with Crippen molar-refractivity contribution in [2.45, 2.75) is 20.1 Å². The molecular weight excluding hydrogens is 323 g/mol. The molecule has 0 saturated heterocycles. The maximum Gasteiger partial charge on any atom is 0.142 e. The Kier molecular flexibility index (Phi) is 5.09. The fourth-order valence-corrected chi connectivity index (χ4v) is 2.39. The summed E-state index contributed by atoms with van der Waals surface area (Å²) in [7, 11) is 1.86. The zero-order chi connectivity index (χ0) is 14.5. The van der Waals surface area contributed by atoms with Crippen molar-refractivity contribution in [3.8, 4) is 5.75 Å². The van der Waals surface area contributed by atoms with Gasteiger partial charge in [0, 0.05) is 16.7 Å². The van der Waals surface area contributed by atoms with Crippen molar-refractivity contribution in [3.05, 3.63) is 57.6 Å². The molecule has 5 heteroatoms. The standard InChI is InChI=1S/C15H16BrFN2O/c1-10-3-4-15(14(19-10)8-18-2)20-9-11-5-12(16)7-13(17)6-11/h3-7,18H,8-9H2,1-2H3. The van der Waals surface area contributed by atoms with Crippen LogP contribution < -0.4 is 10.1 Å². The van der Waals surface area contributed by atoms with E-state index in [1.165, 1.54) is 12.1 Å². The van der Waals surface area contributed by atoms with E-state index in [4.69, 9.17) is 4.74 Å². The first kappa shape index (κ1) is 14.9. The second kappa shape index (κ2) is 6.81. The van der Waals surface area contributed by atoms with Crippen molar-refractivity contribution in [1.29, 1.82) is 0 Å². The fraction of sp³-hybridized carbons (Fsp3) is 0.267. The van der Waals surface area contributed by atoms with E-state index >= 15 is 0 Å². The van der Waals surface area contributed by atoms with Gasteiger partial charge in [-0.25, -0.2) is 4.39 Å². The summed E-state index contributed by atoms with van der Waals surface area (Å²) in [5.41, 5.74) is 2.56. The van der Waals surface area contributed by atoms with Crippen LogP contribution in [0.5, 0.6) is 5.75 Å². The molecule has 0 bridgehead atoms. The highest BCUT2D eigenvalue weighted by atomic mass is 79.9. The van der Waals surface area contributed by atoms with Gasteiger partial charge in [0.1, 0.15) is 18.2 Å². The molecule has 106 valence electrons. The highest BCUT2D eigenvalue weighted by Crippen LogP contribution is 2.20. The molecule has 0 unspecified atom stereocenters. The van der Waals surface area contributed by atoms with Gasteiger partial charge < -0.3 is 10.1 Å². The molecule has 2 aromatic rings. The highest BCUT2D eigenvalue weighted by Gasteiger charge is 2.06. The summed E-state index contributed by atoms with van der Waals surface area (Å²) >= 11 is 3.27. The average molecular weight is 339 g/mol. The number of pyridine rings is 1. The molecule has 0 aliphatic rings.